The minimum absolute atomic E-state index is 0.0771. The Morgan fingerprint density at radius 2 is 1.52 bits per heavy atom. The molecule has 3 N–H and O–H groups in total. The van der Waals surface area contributed by atoms with Crippen LogP contribution in [0.15, 0.2) is 78.9 Å². The van der Waals surface area contributed by atoms with Gasteiger partial charge in [-0.2, -0.15) is 0 Å². The molecule has 0 unspecified atom stereocenters. The molecule has 2 atom stereocenters. The largest absolute Gasteiger partial charge is 0.489 e. The number of hydrogen-bond acceptors (Lipinski definition) is 2. The second-order valence-electron chi connectivity index (χ2n) is 6.71. The first-order valence-corrected chi connectivity index (χ1v) is 9.52. The molecule has 0 radical (unpaired) electrons. The topological polar surface area (TPSA) is 46.1 Å². The minimum Gasteiger partial charge on any atom is -0.489 e. The quantitative estimate of drug-likeness (QED) is 0.616. The molecule has 3 aromatic rings. The zero-order valence-electron chi connectivity index (χ0n) is 15.4. The molecule has 0 aliphatic carbocycles. The summed E-state index contributed by atoms with van der Waals surface area (Å²) in [7, 11) is 0. The SMILES string of the molecule is C[C@@H]([NH2+]Cc1ccc(OCc2ccc(Cl)cc2)cc1)[C@H](O)c1ccccc1. The zero-order chi connectivity index (χ0) is 19.1. The molecular formula is C23H25ClNO2+. The summed E-state index contributed by atoms with van der Waals surface area (Å²) >= 11 is 5.89. The van der Waals surface area contributed by atoms with Gasteiger partial charge in [0.25, 0.3) is 0 Å². The Morgan fingerprint density at radius 3 is 2.19 bits per heavy atom. The highest BCUT2D eigenvalue weighted by molar-refractivity contribution is 6.30. The van der Waals surface area contributed by atoms with Gasteiger partial charge in [0.1, 0.15) is 31.0 Å². The molecule has 0 amide bonds. The first-order valence-electron chi connectivity index (χ1n) is 9.14. The summed E-state index contributed by atoms with van der Waals surface area (Å²) in [5.74, 6) is 0.839. The van der Waals surface area contributed by atoms with Crippen molar-refractivity contribution < 1.29 is 15.2 Å². The molecule has 0 heterocycles. The molecule has 0 fully saturated rings. The molecule has 0 saturated heterocycles. The molecule has 3 aromatic carbocycles. The van der Waals surface area contributed by atoms with Crippen molar-refractivity contribution in [3.05, 3.63) is 101 Å². The minimum atomic E-state index is -0.479. The molecule has 3 rings (SSSR count). The van der Waals surface area contributed by atoms with Crippen molar-refractivity contribution in [1.82, 2.24) is 0 Å². The summed E-state index contributed by atoms with van der Waals surface area (Å²) in [6.07, 6.45) is -0.479. The van der Waals surface area contributed by atoms with E-state index in [0.29, 0.717) is 6.61 Å². The van der Waals surface area contributed by atoms with Crippen LogP contribution in [0.2, 0.25) is 5.02 Å². The molecule has 140 valence electrons. The Kier molecular flexibility index (Phi) is 6.88. The summed E-state index contributed by atoms with van der Waals surface area (Å²) in [5.41, 5.74) is 3.23. The molecule has 0 bridgehead atoms. The Hall–Kier alpha value is -2.33. The van der Waals surface area contributed by atoms with E-state index in [1.165, 1.54) is 5.56 Å². The van der Waals surface area contributed by atoms with Crippen molar-refractivity contribution in [3.63, 3.8) is 0 Å². The highest BCUT2D eigenvalue weighted by Gasteiger charge is 2.18. The van der Waals surface area contributed by atoms with Gasteiger partial charge < -0.3 is 15.2 Å². The fourth-order valence-electron chi connectivity index (χ4n) is 2.87. The third-order valence-corrected chi connectivity index (χ3v) is 4.86. The maximum atomic E-state index is 10.4. The van der Waals surface area contributed by atoms with Crippen molar-refractivity contribution >= 4 is 11.6 Å². The lowest BCUT2D eigenvalue weighted by atomic mass is 10.0. The lowest BCUT2D eigenvalue weighted by Crippen LogP contribution is -2.88. The van der Waals surface area contributed by atoms with E-state index >= 15 is 0 Å². The number of nitrogens with two attached hydrogens (primary N) is 1. The van der Waals surface area contributed by atoms with Crippen molar-refractivity contribution in [3.8, 4) is 5.75 Å². The van der Waals surface area contributed by atoms with Gasteiger partial charge in [0, 0.05) is 10.6 Å². The van der Waals surface area contributed by atoms with Gasteiger partial charge in [-0.05, 0) is 54.4 Å². The second kappa shape index (κ2) is 9.56. The lowest BCUT2D eigenvalue weighted by molar-refractivity contribution is -0.709. The van der Waals surface area contributed by atoms with Gasteiger partial charge >= 0.3 is 0 Å². The van der Waals surface area contributed by atoms with E-state index in [1.54, 1.807) is 0 Å². The number of quaternary nitrogens is 1. The van der Waals surface area contributed by atoms with Crippen LogP contribution in [0.5, 0.6) is 5.75 Å². The van der Waals surface area contributed by atoms with Crippen LogP contribution in [-0.2, 0) is 13.2 Å². The maximum Gasteiger partial charge on any atom is 0.130 e. The number of aliphatic hydroxyl groups is 1. The third-order valence-electron chi connectivity index (χ3n) is 4.61. The monoisotopic (exact) mass is 382 g/mol. The van der Waals surface area contributed by atoms with E-state index in [9.17, 15) is 5.11 Å². The van der Waals surface area contributed by atoms with Crippen LogP contribution in [-0.4, -0.2) is 11.1 Å². The molecule has 0 spiro atoms. The highest BCUT2D eigenvalue weighted by atomic mass is 35.5. The lowest BCUT2D eigenvalue weighted by Gasteiger charge is -2.18. The Bertz CT molecular complexity index is 819. The van der Waals surface area contributed by atoms with Crippen molar-refractivity contribution in [1.29, 1.82) is 0 Å². The van der Waals surface area contributed by atoms with Crippen LogP contribution in [0.3, 0.4) is 0 Å². The summed E-state index contributed by atoms with van der Waals surface area (Å²) in [6, 6.07) is 25.6. The van der Waals surface area contributed by atoms with Gasteiger partial charge in [-0.25, -0.2) is 0 Å². The average molecular weight is 383 g/mol. The van der Waals surface area contributed by atoms with Crippen LogP contribution in [0.25, 0.3) is 0 Å². The zero-order valence-corrected chi connectivity index (χ0v) is 16.1. The van der Waals surface area contributed by atoms with Crippen LogP contribution >= 0.6 is 11.6 Å². The van der Waals surface area contributed by atoms with E-state index in [0.717, 1.165) is 28.4 Å². The number of benzene rings is 3. The van der Waals surface area contributed by atoms with Gasteiger partial charge in [-0.15, -0.1) is 0 Å². The van der Waals surface area contributed by atoms with E-state index in [2.05, 4.69) is 17.4 Å². The van der Waals surface area contributed by atoms with Gasteiger partial charge in [-0.1, -0.05) is 54.1 Å². The van der Waals surface area contributed by atoms with E-state index in [-0.39, 0.29) is 6.04 Å². The average Bonchev–Trinajstić information content (AvgIpc) is 2.72. The first-order chi connectivity index (χ1) is 13.1. The van der Waals surface area contributed by atoms with E-state index in [4.69, 9.17) is 16.3 Å². The molecule has 0 aliphatic heterocycles. The maximum absolute atomic E-state index is 10.4. The van der Waals surface area contributed by atoms with Gasteiger partial charge in [-0.3, -0.25) is 0 Å². The Balaban J connectivity index is 1.48. The highest BCUT2D eigenvalue weighted by Crippen LogP contribution is 2.16. The number of aliphatic hydroxyl groups excluding tert-OH is 1. The predicted octanol–water partition coefficient (Wildman–Crippen LogP) is 4.10. The summed E-state index contributed by atoms with van der Waals surface area (Å²) in [6.45, 7) is 3.37. The first kappa shape index (κ1) is 19.4. The molecule has 0 aromatic heterocycles. The fraction of sp³-hybridized carbons (Fsp3) is 0.217. The van der Waals surface area contributed by atoms with Gasteiger partial charge in [0.05, 0.1) is 0 Å². The Labute approximate surface area is 165 Å². The van der Waals surface area contributed by atoms with Crippen molar-refractivity contribution in [2.75, 3.05) is 0 Å². The third kappa shape index (κ3) is 5.83. The summed E-state index contributed by atoms with van der Waals surface area (Å²) < 4.78 is 5.82. The molecule has 27 heavy (non-hydrogen) atoms. The molecule has 0 aliphatic rings. The summed E-state index contributed by atoms with van der Waals surface area (Å²) in [5, 5.41) is 13.3. The second-order valence-corrected chi connectivity index (χ2v) is 7.15. The molecule has 4 heteroatoms. The standard InChI is InChI=1S/C23H24ClNO2/c1-17(23(26)20-5-3-2-4-6-20)25-15-18-9-13-22(14-10-18)27-16-19-7-11-21(24)12-8-19/h2-14,17,23,25-26H,15-16H2,1H3/p+1/t17-,23+/m1/s1. The van der Waals surface area contributed by atoms with E-state index < -0.39 is 6.10 Å². The fourth-order valence-corrected chi connectivity index (χ4v) is 3.00. The number of ether oxygens (including phenoxy) is 1. The van der Waals surface area contributed by atoms with Crippen LogP contribution in [0.1, 0.15) is 29.7 Å². The van der Waals surface area contributed by atoms with Crippen LogP contribution in [0.4, 0.5) is 0 Å². The summed E-state index contributed by atoms with van der Waals surface area (Å²) in [4.78, 5) is 0. The van der Waals surface area contributed by atoms with Gasteiger partial charge in [0.2, 0.25) is 0 Å². The number of rotatable bonds is 8. The normalized spacial score (nSPS) is 13.1. The number of halogens is 1. The van der Waals surface area contributed by atoms with E-state index in [1.807, 2.05) is 73.7 Å². The van der Waals surface area contributed by atoms with Crippen molar-refractivity contribution in [2.24, 2.45) is 0 Å². The number of hydrogen-bond donors (Lipinski definition) is 2. The van der Waals surface area contributed by atoms with Gasteiger partial charge in [0.15, 0.2) is 0 Å². The molecular weight excluding hydrogens is 358 g/mol. The smallest absolute Gasteiger partial charge is 0.130 e. The van der Waals surface area contributed by atoms with Crippen LogP contribution < -0.4 is 10.1 Å². The van der Waals surface area contributed by atoms with Crippen molar-refractivity contribution in [2.45, 2.75) is 32.2 Å². The molecule has 3 nitrogen and oxygen atoms in total. The predicted molar refractivity (Wildman–Crippen MR) is 109 cm³/mol. The van der Waals surface area contributed by atoms with Crippen LogP contribution in [0, 0.1) is 0 Å². The molecule has 0 saturated carbocycles. The Morgan fingerprint density at radius 1 is 0.889 bits per heavy atom.